The van der Waals surface area contributed by atoms with Gasteiger partial charge in [0.25, 0.3) is 0 Å². The number of piperidine rings is 2. The number of carboxylic acid groups (broad SMARTS) is 1. The zero-order valence-corrected chi connectivity index (χ0v) is 12.3. The van der Waals surface area contributed by atoms with Gasteiger partial charge in [0.05, 0.1) is 0 Å². The first-order valence-corrected chi connectivity index (χ1v) is 7.49. The summed E-state index contributed by atoms with van der Waals surface area (Å²) in [7, 11) is 0. The number of fused-ring (bicyclic) bond motifs is 1. The largest absolute Gasteiger partial charge is 0.481 e. The molecule has 2 fully saturated rings. The van der Waals surface area contributed by atoms with Crippen molar-refractivity contribution in [1.29, 1.82) is 0 Å². The second-order valence-electron chi connectivity index (χ2n) is 6.10. The second kappa shape index (κ2) is 6.78. The van der Waals surface area contributed by atoms with Crippen LogP contribution in [0.2, 0.25) is 0 Å². The van der Waals surface area contributed by atoms with Crippen molar-refractivity contribution in [2.45, 2.75) is 38.6 Å². The normalized spacial score (nSPS) is 26.5. The summed E-state index contributed by atoms with van der Waals surface area (Å²) in [6.07, 6.45) is 2.20. The third-order valence-electron chi connectivity index (χ3n) is 4.23. The molecule has 2 aliphatic heterocycles. The maximum absolute atomic E-state index is 12.1. The number of rotatable bonds is 4. The lowest BCUT2D eigenvalue weighted by Gasteiger charge is -2.41. The second-order valence-corrected chi connectivity index (χ2v) is 6.10. The molecule has 7 nitrogen and oxygen atoms in total. The number of hydrogen-bond acceptors (Lipinski definition) is 3. The minimum absolute atomic E-state index is 0.0526. The summed E-state index contributed by atoms with van der Waals surface area (Å²) in [5, 5.41) is 14.5. The van der Waals surface area contributed by atoms with Crippen LogP contribution in [0.1, 0.15) is 32.6 Å². The number of aliphatic carboxylic acids is 1. The van der Waals surface area contributed by atoms with E-state index in [2.05, 4.69) is 10.6 Å². The Morgan fingerprint density at radius 3 is 2.95 bits per heavy atom. The minimum atomic E-state index is -0.851. The molecule has 0 aromatic rings. The lowest BCUT2D eigenvalue weighted by molar-refractivity contribution is -0.138. The average molecular weight is 297 g/mol. The van der Waals surface area contributed by atoms with Crippen molar-refractivity contribution in [3.05, 3.63) is 0 Å². The molecule has 3 atom stereocenters. The molecule has 2 aliphatic rings. The predicted molar refractivity (Wildman–Crippen MR) is 75.7 cm³/mol. The van der Waals surface area contributed by atoms with E-state index in [-0.39, 0.29) is 30.3 Å². The summed E-state index contributed by atoms with van der Waals surface area (Å²) in [5.41, 5.74) is 0. The molecule has 0 saturated carbocycles. The van der Waals surface area contributed by atoms with Gasteiger partial charge in [0, 0.05) is 38.5 Å². The quantitative estimate of drug-likeness (QED) is 0.700. The van der Waals surface area contributed by atoms with E-state index < -0.39 is 5.97 Å². The first-order valence-electron chi connectivity index (χ1n) is 7.49. The molecule has 21 heavy (non-hydrogen) atoms. The van der Waals surface area contributed by atoms with E-state index in [1.54, 1.807) is 11.8 Å². The lowest BCUT2D eigenvalue weighted by Crippen LogP contribution is -2.56. The number of nitrogens with zero attached hydrogens (tertiary/aromatic N) is 1. The number of carbonyl (C=O) groups is 3. The topological polar surface area (TPSA) is 98.7 Å². The number of amides is 3. The first-order chi connectivity index (χ1) is 9.95. The molecular formula is C14H23N3O4. The summed E-state index contributed by atoms with van der Waals surface area (Å²) < 4.78 is 0. The Kier molecular flexibility index (Phi) is 5.03. The fraction of sp³-hybridized carbons (Fsp3) is 0.786. The zero-order valence-electron chi connectivity index (χ0n) is 12.3. The Hall–Kier alpha value is -1.79. The van der Waals surface area contributed by atoms with Crippen molar-refractivity contribution in [2.24, 2.45) is 11.8 Å². The van der Waals surface area contributed by atoms with Gasteiger partial charge in [0.15, 0.2) is 0 Å². The van der Waals surface area contributed by atoms with E-state index in [0.29, 0.717) is 32.0 Å². The number of hydrogen-bond donors (Lipinski definition) is 3. The zero-order chi connectivity index (χ0) is 15.4. The number of urea groups is 1. The molecule has 0 aromatic heterocycles. The van der Waals surface area contributed by atoms with Gasteiger partial charge in [-0.05, 0) is 24.7 Å². The standard InChI is InChI=1S/C14H23N3O4/c1-9(6-13(19)20)7-15-14(21)17-5-4-11-10(8-17)2-3-12(18)16-11/h9-11H,2-8H2,1H3,(H,15,21)(H,16,18)(H,19,20). The molecule has 2 saturated heterocycles. The van der Waals surface area contributed by atoms with Crippen molar-refractivity contribution in [2.75, 3.05) is 19.6 Å². The summed E-state index contributed by atoms with van der Waals surface area (Å²) >= 11 is 0. The number of carbonyl (C=O) groups excluding carboxylic acids is 2. The fourth-order valence-electron chi connectivity index (χ4n) is 3.04. The third-order valence-corrected chi connectivity index (χ3v) is 4.23. The van der Waals surface area contributed by atoms with Gasteiger partial charge >= 0.3 is 12.0 Å². The van der Waals surface area contributed by atoms with Crippen molar-refractivity contribution in [3.63, 3.8) is 0 Å². The minimum Gasteiger partial charge on any atom is -0.481 e. The Morgan fingerprint density at radius 2 is 2.24 bits per heavy atom. The highest BCUT2D eigenvalue weighted by Gasteiger charge is 2.35. The highest BCUT2D eigenvalue weighted by atomic mass is 16.4. The molecule has 0 spiro atoms. The molecule has 3 amide bonds. The van der Waals surface area contributed by atoms with Crippen LogP contribution in [0.4, 0.5) is 4.79 Å². The van der Waals surface area contributed by atoms with Crippen LogP contribution in [0, 0.1) is 11.8 Å². The van der Waals surface area contributed by atoms with E-state index in [0.717, 1.165) is 12.8 Å². The fourth-order valence-corrected chi connectivity index (χ4v) is 3.04. The highest BCUT2D eigenvalue weighted by molar-refractivity contribution is 5.77. The SMILES string of the molecule is CC(CNC(=O)N1CCC2NC(=O)CCC2C1)CC(=O)O. The maximum Gasteiger partial charge on any atom is 0.317 e. The number of nitrogens with one attached hydrogen (secondary N) is 2. The smallest absolute Gasteiger partial charge is 0.317 e. The van der Waals surface area contributed by atoms with Gasteiger partial charge in [-0.3, -0.25) is 9.59 Å². The summed E-state index contributed by atoms with van der Waals surface area (Å²) in [6.45, 7) is 3.45. The summed E-state index contributed by atoms with van der Waals surface area (Å²) in [5.74, 6) is -0.497. The Labute approximate surface area is 124 Å². The van der Waals surface area contributed by atoms with Crippen LogP contribution in [0.5, 0.6) is 0 Å². The maximum atomic E-state index is 12.1. The molecule has 7 heteroatoms. The van der Waals surface area contributed by atoms with Gasteiger partial charge in [0.1, 0.15) is 0 Å². The average Bonchev–Trinajstić information content (AvgIpc) is 2.43. The van der Waals surface area contributed by atoms with E-state index in [1.165, 1.54) is 0 Å². The Balaban J connectivity index is 1.76. The predicted octanol–water partition coefficient (Wildman–Crippen LogP) is 0.407. The lowest BCUT2D eigenvalue weighted by atomic mass is 9.85. The molecule has 2 rings (SSSR count). The van der Waals surface area contributed by atoms with Crippen molar-refractivity contribution in [3.8, 4) is 0 Å². The molecule has 118 valence electrons. The van der Waals surface area contributed by atoms with Crippen LogP contribution in [-0.4, -0.2) is 53.6 Å². The Morgan fingerprint density at radius 1 is 1.48 bits per heavy atom. The van der Waals surface area contributed by atoms with Crippen molar-refractivity contribution < 1.29 is 19.5 Å². The van der Waals surface area contributed by atoms with Crippen LogP contribution >= 0.6 is 0 Å². The van der Waals surface area contributed by atoms with Gasteiger partial charge in [-0.2, -0.15) is 0 Å². The molecular weight excluding hydrogens is 274 g/mol. The Bertz CT molecular complexity index is 426. The molecule has 3 unspecified atom stereocenters. The molecule has 2 heterocycles. The van der Waals surface area contributed by atoms with Crippen LogP contribution in [-0.2, 0) is 9.59 Å². The first kappa shape index (κ1) is 15.6. The van der Waals surface area contributed by atoms with E-state index in [4.69, 9.17) is 5.11 Å². The summed E-state index contributed by atoms with van der Waals surface area (Å²) in [6, 6.07) is 0.0591. The van der Waals surface area contributed by atoms with Crippen LogP contribution < -0.4 is 10.6 Å². The summed E-state index contributed by atoms with van der Waals surface area (Å²) in [4.78, 5) is 35.8. The molecule has 0 radical (unpaired) electrons. The number of carboxylic acids is 1. The third kappa shape index (κ3) is 4.34. The van der Waals surface area contributed by atoms with Gasteiger partial charge in [-0.1, -0.05) is 6.92 Å². The molecule has 0 aliphatic carbocycles. The van der Waals surface area contributed by atoms with Crippen molar-refractivity contribution >= 4 is 17.9 Å². The molecule has 0 aromatic carbocycles. The van der Waals surface area contributed by atoms with Crippen molar-refractivity contribution in [1.82, 2.24) is 15.5 Å². The van der Waals surface area contributed by atoms with Gasteiger partial charge in [0.2, 0.25) is 5.91 Å². The monoisotopic (exact) mass is 297 g/mol. The molecule has 0 bridgehead atoms. The van der Waals surface area contributed by atoms with Gasteiger partial charge in [-0.25, -0.2) is 4.79 Å². The van der Waals surface area contributed by atoms with Crippen LogP contribution in [0.3, 0.4) is 0 Å². The van der Waals surface area contributed by atoms with Crippen LogP contribution in [0.25, 0.3) is 0 Å². The van der Waals surface area contributed by atoms with Crippen LogP contribution in [0.15, 0.2) is 0 Å². The van der Waals surface area contributed by atoms with Gasteiger partial charge < -0.3 is 20.6 Å². The van der Waals surface area contributed by atoms with E-state index in [9.17, 15) is 14.4 Å². The van der Waals surface area contributed by atoms with E-state index in [1.807, 2.05) is 0 Å². The molecule has 3 N–H and O–H groups in total. The number of likely N-dealkylation sites (tertiary alicyclic amines) is 1. The highest BCUT2D eigenvalue weighted by Crippen LogP contribution is 2.25. The van der Waals surface area contributed by atoms with Gasteiger partial charge in [-0.15, -0.1) is 0 Å². The van der Waals surface area contributed by atoms with E-state index >= 15 is 0 Å².